The first-order valence-electron chi connectivity index (χ1n) is 6.68. The second-order valence-corrected chi connectivity index (χ2v) is 6.33. The average molecular weight is 227 g/mol. The molecule has 0 saturated carbocycles. The Morgan fingerprint density at radius 1 is 1.38 bits per heavy atom. The minimum absolute atomic E-state index is 0.243. The molecule has 4 unspecified atom stereocenters. The third kappa shape index (κ3) is 2.98. The first-order chi connectivity index (χ1) is 7.41. The normalized spacial score (nSPS) is 33.8. The van der Waals surface area contributed by atoms with E-state index >= 15 is 0 Å². The minimum atomic E-state index is 0.243. The lowest BCUT2D eigenvalue weighted by atomic mass is 9.65. The van der Waals surface area contributed by atoms with Crippen LogP contribution < -0.4 is 5.32 Å². The molecule has 0 amide bonds. The Kier molecular flexibility index (Phi) is 4.81. The van der Waals surface area contributed by atoms with E-state index in [1.165, 1.54) is 12.8 Å². The van der Waals surface area contributed by atoms with Gasteiger partial charge in [-0.05, 0) is 30.2 Å². The van der Waals surface area contributed by atoms with Crippen LogP contribution in [0.3, 0.4) is 0 Å². The number of ether oxygens (including phenoxy) is 1. The maximum Gasteiger partial charge on any atom is 0.111 e. The lowest BCUT2D eigenvalue weighted by molar-refractivity contribution is -0.0709. The van der Waals surface area contributed by atoms with E-state index in [2.05, 4.69) is 39.9 Å². The summed E-state index contributed by atoms with van der Waals surface area (Å²) in [6, 6.07) is 0. The van der Waals surface area contributed by atoms with Crippen LogP contribution in [0.25, 0.3) is 0 Å². The van der Waals surface area contributed by atoms with Gasteiger partial charge in [-0.3, -0.25) is 5.32 Å². The Balaban J connectivity index is 2.87. The van der Waals surface area contributed by atoms with E-state index in [4.69, 9.17) is 4.74 Å². The molecule has 0 radical (unpaired) electrons. The molecule has 16 heavy (non-hydrogen) atoms. The predicted octanol–water partition coefficient (Wildman–Crippen LogP) is 3.28. The Morgan fingerprint density at radius 2 is 2.00 bits per heavy atom. The van der Waals surface area contributed by atoms with Crippen molar-refractivity contribution in [3.05, 3.63) is 0 Å². The van der Waals surface area contributed by atoms with E-state index in [9.17, 15) is 0 Å². The van der Waals surface area contributed by atoms with Crippen LogP contribution in [0.1, 0.15) is 47.5 Å². The van der Waals surface area contributed by atoms with Gasteiger partial charge in [0.25, 0.3) is 0 Å². The lowest BCUT2D eigenvalue weighted by Gasteiger charge is -2.47. The van der Waals surface area contributed by atoms with Crippen molar-refractivity contribution in [1.29, 1.82) is 0 Å². The molecule has 2 nitrogen and oxygen atoms in total. The zero-order chi connectivity index (χ0) is 12.3. The van der Waals surface area contributed by atoms with Gasteiger partial charge in [-0.1, -0.05) is 41.0 Å². The van der Waals surface area contributed by atoms with Crippen molar-refractivity contribution in [3.63, 3.8) is 0 Å². The van der Waals surface area contributed by atoms with Gasteiger partial charge in [0.15, 0.2) is 0 Å². The van der Waals surface area contributed by atoms with Gasteiger partial charge in [-0.15, -0.1) is 0 Å². The molecule has 0 aromatic heterocycles. The van der Waals surface area contributed by atoms with Crippen molar-refractivity contribution in [2.24, 2.45) is 23.2 Å². The molecule has 4 atom stereocenters. The van der Waals surface area contributed by atoms with Gasteiger partial charge >= 0.3 is 0 Å². The number of nitrogens with one attached hydrogen (secondary N) is 1. The minimum Gasteiger partial charge on any atom is -0.366 e. The first-order valence-corrected chi connectivity index (χ1v) is 6.68. The van der Waals surface area contributed by atoms with Crippen molar-refractivity contribution in [2.75, 3.05) is 13.7 Å². The molecule has 1 saturated heterocycles. The van der Waals surface area contributed by atoms with Crippen LogP contribution >= 0.6 is 0 Å². The van der Waals surface area contributed by atoms with Gasteiger partial charge in [0.05, 0.1) is 0 Å². The van der Waals surface area contributed by atoms with Gasteiger partial charge in [-0.2, -0.15) is 0 Å². The Labute approximate surface area is 101 Å². The molecule has 2 heteroatoms. The number of rotatable bonds is 3. The van der Waals surface area contributed by atoms with Gasteiger partial charge in [0.1, 0.15) is 6.23 Å². The molecule has 1 N–H and O–H groups in total. The third-order valence-electron chi connectivity index (χ3n) is 4.28. The maximum absolute atomic E-state index is 5.64. The largest absolute Gasteiger partial charge is 0.366 e. The zero-order valence-corrected chi connectivity index (χ0v) is 11.8. The van der Waals surface area contributed by atoms with E-state index in [-0.39, 0.29) is 6.23 Å². The van der Waals surface area contributed by atoms with Crippen LogP contribution in [0.2, 0.25) is 0 Å². The molecule has 1 aliphatic heterocycles. The second kappa shape index (κ2) is 5.50. The molecule has 1 aliphatic rings. The van der Waals surface area contributed by atoms with Crippen molar-refractivity contribution in [3.8, 4) is 0 Å². The molecule has 0 bridgehead atoms. The smallest absolute Gasteiger partial charge is 0.111 e. The quantitative estimate of drug-likeness (QED) is 0.799. The highest BCUT2D eigenvalue weighted by atomic mass is 16.5. The predicted molar refractivity (Wildman–Crippen MR) is 69.3 cm³/mol. The topological polar surface area (TPSA) is 21.3 Å². The van der Waals surface area contributed by atoms with Crippen molar-refractivity contribution in [2.45, 2.75) is 53.7 Å². The van der Waals surface area contributed by atoms with E-state index in [0.29, 0.717) is 11.3 Å². The summed E-state index contributed by atoms with van der Waals surface area (Å²) in [5, 5.41) is 3.51. The van der Waals surface area contributed by atoms with Crippen LogP contribution in [0, 0.1) is 23.2 Å². The van der Waals surface area contributed by atoms with E-state index in [1.807, 2.05) is 7.11 Å². The second-order valence-electron chi connectivity index (χ2n) is 6.33. The molecule has 0 aliphatic carbocycles. The first kappa shape index (κ1) is 14.0. The van der Waals surface area contributed by atoms with E-state index in [0.717, 1.165) is 18.4 Å². The molecule has 0 aromatic carbocycles. The monoisotopic (exact) mass is 227 g/mol. The Hall–Kier alpha value is -0.0800. The summed E-state index contributed by atoms with van der Waals surface area (Å²) in [6.45, 7) is 12.8. The fraction of sp³-hybridized carbons (Fsp3) is 1.00. The van der Waals surface area contributed by atoms with Crippen molar-refractivity contribution < 1.29 is 4.74 Å². The fourth-order valence-corrected chi connectivity index (χ4v) is 3.14. The van der Waals surface area contributed by atoms with Gasteiger partial charge in [-0.25, -0.2) is 0 Å². The van der Waals surface area contributed by atoms with Gasteiger partial charge in [0.2, 0.25) is 0 Å². The van der Waals surface area contributed by atoms with Crippen LogP contribution in [-0.4, -0.2) is 19.9 Å². The Bertz CT molecular complexity index is 209. The highest BCUT2D eigenvalue weighted by Gasteiger charge is 2.41. The van der Waals surface area contributed by atoms with Gasteiger partial charge in [0, 0.05) is 13.0 Å². The van der Waals surface area contributed by atoms with Crippen molar-refractivity contribution in [1.82, 2.24) is 5.32 Å². The summed E-state index contributed by atoms with van der Waals surface area (Å²) in [7, 11) is 1.83. The lowest BCUT2D eigenvalue weighted by Crippen LogP contribution is -2.52. The maximum atomic E-state index is 5.64. The summed E-state index contributed by atoms with van der Waals surface area (Å²) in [5.41, 5.74) is 0.382. The van der Waals surface area contributed by atoms with E-state index in [1.54, 1.807) is 0 Å². The molecule has 1 fully saturated rings. The van der Waals surface area contributed by atoms with Crippen LogP contribution in [0.4, 0.5) is 0 Å². The highest BCUT2D eigenvalue weighted by molar-refractivity contribution is 4.90. The molecule has 0 spiro atoms. The highest BCUT2D eigenvalue weighted by Crippen LogP contribution is 2.42. The third-order valence-corrected chi connectivity index (χ3v) is 4.28. The molecule has 96 valence electrons. The summed E-state index contributed by atoms with van der Waals surface area (Å²) < 4.78 is 5.64. The number of hydrogen-bond acceptors (Lipinski definition) is 2. The summed E-state index contributed by atoms with van der Waals surface area (Å²) >= 11 is 0. The van der Waals surface area contributed by atoms with Crippen molar-refractivity contribution >= 4 is 0 Å². The molecule has 0 aromatic rings. The molecule has 1 heterocycles. The van der Waals surface area contributed by atoms with Gasteiger partial charge < -0.3 is 4.74 Å². The standard InChI is InChI=1S/C14H29NO/c1-7-10(2)12-11(14(3,4)5)8-9-15-13(12)16-6/h10-13,15H,7-9H2,1-6H3. The number of hydrogen-bond donors (Lipinski definition) is 1. The van der Waals surface area contributed by atoms with Crippen LogP contribution in [0.15, 0.2) is 0 Å². The summed E-state index contributed by atoms with van der Waals surface area (Å²) in [4.78, 5) is 0. The molecule has 1 rings (SSSR count). The SMILES string of the molecule is CCC(C)C1C(OC)NCCC1C(C)(C)C. The molecular weight excluding hydrogens is 198 g/mol. The summed E-state index contributed by atoms with van der Waals surface area (Å²) in [6.07, 6.45) is 2.75. The zero-order valence-electron chi connectivity index (χ0n) is 11.8. The summed E-state index contributed by atoms with van der Waals surface area (Å²) in [5.74, 6) is 2.12. The fourth-order valence-electron chi connectivity index (χ4n) is 3.14. The van der Waals surface area contributed by atoms with Crippen LogP contribution in [0.5, 0.6) is 0 Å². The Morgan fingerprint density at radius 3 is 2.44 bits per heavy atom. The molecular formula is C14H29NO. The number of methoxy groups -OCH3 is 1. The van der Waals surface area contributed by atoms with E-state index < -0.39 is 0 Å². The average Bonchev–Trinajstić information content (AvgIpc) is 2.25. The number of piperidine rings is 1. The van der Waals surface area contributed by atoms with Crippen LogP contribution in [-0.2, 0) is 4.74 Å².